The smallest absolute Gasteiger partial charge is 0.0863 e. The van der Waals surface area contributed by atoms with Crippen molar-refractivity contribution in [1.82, 2.24) is 15.1 Å². The molecule has 0 aliphatic rings. The molecule has 2 rings (SSSR count). The van der Waals surface area contributed by atoms with Gasteiger partial charge in [0.1, 0.15) is 0 Å². The Morgan fingerprint density at radius 3 is 2.79 bits per heavy atom. The molecule has 0 atom stereocenters. The molecule has 0 aromatic carbocycles. The molecule has 0 saturated heterocycles. The Hall–Kier alpha value is -0.360. The van der Waals surface area contributed by atoms with E-state index in [-0.39, 0.29) is 0 Å². The maximum atomic E-state index is 6.37. The maximum Gasteiger partial charge on any atom is 0.0863 e. The molecule has 3 nitrogen and oxygen atoms in total. The van der Waals surface area contributed by atoms with Crippen molar-refractivity contribution in [3.05, 3.63) is 37.2 Å². The first-order valence-electron chi connectivity index (χ1n) is 6.34. The standard InChI is InChI=1S/C13H17BrClN3S/c1-3-10-13(15)11(18(4-2)17-10)7-16-8-12-9(14)5-6-19-12/h5-6,16H,3-4,7-8H2,1-2H3. The minimum Gasteiger partial charge on any atom is -0.306 e. The van der Waals surface area contributed by atoms with Crippen LogP contribution in [0.1, 0.15) is 30.1 Å². The second kappa shape index (κ2) is 6.88. The fourth-order valence-corrected chi connectivity index (χ4v) is 3.73. The summed E-state index contributed by atoms with van der Waals surface area (Å²) in [5.74, 6) is 0. The van der Waals surface area contributed by atoms with E-state index < -0.39 is 0 Å². The maximum absolute atomic E-state index is 6.37. The van der Waals surface area contributed by atoms with E-state index >= 15 is 0 Å². The number of aryl methyl sites for hydroxylation is 2. The van der Waals surface area contributed by atoms with Gasteiger partial charge in [0.2, 0.25) is 0 Å². The average Bonchev–Trinajstić information content (AvgIpc) is 2.95. The quantitative estimate of drug-likeness (QED) is 0.833. The third kappa shape index (κ3) is 3.40. The summed E-state index contributed by atoms with van der Waals surface area (Å²) in [5, 5.41) is 10.8. The van der Waals surface area contributed by atoms with Gasteiger partial charge in [-0.2, -0.15) is 5.10 Å². The van der Waals surface area contributed by atoms with Crippen LogP contribution >= 0.6 is 38.9 Å². The van der Waals surface area contributed by atoms with Crippen molar-refractivity contribution in [3.63, 3.8) is 0 Å². The lowest BCUT2D eigenvalue weighted by atomic mass is 10.3. The molecule has 0 radical (unpaired) electrons. The predicted molar refractivity (Wildman–Crippen MR) is 84.9 cm³/mol. The van der Waals surface area contributed by atoms with Crippen molar-refractivity contribution in [1.29, 1.82) is 0 Å². The summed E-state index contributed by atoms with van der Waals surface area (Å²) in [6, 6.07) is 2.07. The second-order valence-electron chi connectivity index (χ2n) is 4.17. The molecule has 0 unspecified atom stereocenters. The van der Waals surface area contributed by atoms with E-state index in [1.165, 1.54) is 4.88 Å². The minimum absolute atomic E-state index is 0.740. The van der Waals surface area contributed by atoms with Gasteiger partial charge in [-0.1, -0.05) is 18.5 Å². The zero-order valence-corrected chi connectivity index (χ0v) is 14.2. The topological polar surface area (TPSA) is 29.9 Å². The lowest BCUT2D eigenvalue weighted by Gasteiger charge is -2.07. The first-order chi connectivity index (χ1) is 9.17. The van der Waals surface area contributed by atoms with E-state index in [0.29, 0.717) is 0 Å². The summed E-state index contributed by atoms with van der Waals surface area (Å²) < 4.78 is 3.15. The van der Waals surface area contributed by atoms with Gasteiger partial charge in [0.15, 0.2) is 0 Å². The van der Waals surface area contributed by atoms with Gasteiger partial charge in [-0.05, 0) is 40.7 Å². The molecular weight excluding hydrogens is 346 g/mol. The van der Waals surface area contributed by atoms with Crippen LogP contribution in [0.25, 0.3) is 0 Å². The highest BCUT2D eigenvalue weighted by Crippen LogP contribution is 2.24. The molecule has 2 aromatic rings. The van der Waals surface area contributed by atoms with Gasteiger partial charge in [0.25, 0.3) is 0 Å². The summed E-state index contributed by atoms with van der Waals surface area (Å²) in [4.78, 5) is 1.30. The molecular formula is C13H17BrClN3S. The van der Waals surface area contributed by atoms with E-state index in [4.69, 9.17) is 11.6 Å². The van der Waals surface area contributed by atoms with Crippen LogP contribution < -0.4 is 5.32 Å². The van der Waals surface area contributed by atoms with Crippen LogP contribution in [-0.2, 0) is 26.1 Å². The number of thiophene rings is 1. The zero-order valence-electron chi connectivity index (χ0n) is 11.0. The Morgan fingerprint density at radius 2 is 2.21 bits per heavy atom. The van der Waals surface area contributed by atoms with Crippen molar-refractivity contribution in [2.24, 2.45) is 0 Å². The summed E-state index contributed by atoms with van der Waals surface area (Å²) in [6.07, 6.45) is 0.870. The lowest BCUT2D eigenvalue weighted by Crippen LogP contribution is -2.16. The largest absolute Gasteiger partial charge is 0.306 e. The van der Waals surface area contributed by atoms with Gasteiger partial charge >= 0.3 is 0 Å². The van der Waals surface area contributed by atoms with Crippen molar-refractivity contribution < 1.29 is 0 Å². The number of halogens is 2. The summed E-state index contributed by atoms with van der Waals surface area (Å²) in [7, 11) is 0. The van der Waals surface area contributed by atoms with Gasteiger partial charge in [0.05, 0.1) is 16.4 Å². The van der Waals surface area contributed by atoms with Gasteiger partial charge < -0.3 is 5.32 Å². The normalized spacial score (nSPS) is 11.2. The summed E-state index contributed by atoms with van der Waals surface area (Å²) in [6.45, 7) is 6.59. The highest BCUT2D eigenvalue weighted by atomic mass is 79.9. The van der Waals surface area contributed by atoms with Crippen LogP contribution in [0.5, 0.6) is 0 Å². The van der Waals surface area contributed by atoms with Gasteiger partial charge in [-0.3, -0.25) is 4.68 Å². The number of nitrogens with one attached hydrogen (secondary N) is 1. The van der Waals surface area contributed by atoms with Crippen LogP contribution in [-0.4, -0.2) is 9.78 Å². The van der Waals surface area contributed by atoms with Crippen molar-refractivity contribution >= 4 is 38.9 Å². The van der Waals surface area contributed by atoms with E-state index in [1.54, 1.807) is 11.3 Å². The van der Waals surface area contributed by atoms with Gasteiger partial charge in [-0.15, -0.1) is 11.3 Å². The van der Waals surface area contributed by atoms with E-state index in [1.807, 2.05) is 4.68 Å². The highest BCUT2D eigenvalue weighted by molar-refractivity contribution is 9.10. The Balaban J connectivity index is 2.03. The third-order valence-corrected chi connectivity index (χ3v) is 5.33. The number of rotatable bonds is 6. The lowest BCUT2D eigenvalue weighted by molar-refractivity contribution is 0.579. The molecule has 1 N–H and O–H groups in total. The van der Waals surface area contributed by atoms with E-state index in [2.05, 4.69) is 51.6 Å². The Morgan fingerprint density at radius 1 is 1.42 bits per heavy atom. The fraction of sp³-hybridized carbons (Fsp3) is 0.462. The molecule has 6 heteroatoms. The molecule has 0 fully saturated rings. The van der Waals surface area contributed by atoms with E-state index in [9.17, 15) is 0 Å². The van der Waals surface area contributed by atoms with Crippen molar-refractivity contribution in [2.45, 2.75) is 39.9 Å². The Bertz CT molecular complexity index is 550. The molecule has 0 aliphatic carbocycles. The van der Waals surface area contributed by atoms with Crippen LogP contribution in [0.15, 0.2) is 15.9 Å². The zero-order chi connectivity index (χ0) is 13.8. The minimum atomic E-state index is 0.740. The molecule has 0 amide bonds. The number of nitrogens with zero attached hydrogens (tertiary/aromatic N) is 2. The molecule has 104 valence electrons. The molecule has 2 aromatic heterocycles. The first-order valence-corrected chi connectivity index (χ1v) is 8.39. The number of aromatic nitrogens is 2. The third-order valence-electron chi connectivity index (χ3n) is 2.96. The molecule has 0 saturated carbocycles. The Labute approximate surface area is 131 Å². The van der Waals surface area contributed by atoms with Crippen LogP contribution in [0.4, 0.5) is 0 Å². The molecule has 0 spiro atoms. The average molecular weight is 363 g/mol. The summed E-state index contributed by atoms with van der Waals surface area (Å²) >= 11 is 11.7. The van der Waals surface area contributed by atoms with E-state index in [0.717, 1.165) is 46.9 Å². The van der Waals surface area contributed by atoms with Crippen molar-refractivity contribution in [3.8, 4) is 0 Å². The number of hydrogen-bond donors (Lipinski definition) is 1. The van der Waals surface area contributed by atoms with Crippen molar-refractivity contribution in [2.75, 3.05) is 0 Å². The molecule has 2 heterocycles. The second-order valence-corrected chi connectivity index (χ2v) is 6.40. The van der Waals surface area contributed by atoms with Gasteiger partial charge in [0, 0.05) is 29.0 Å². The summed E-state index contributed by atoms with van der Waals surface area (Å²) in [5.41, 5.74) is 2.06. The van der Waals surface area contributed by atoms with Crippen LogP contribution in [0.2, 0.25) is 5.02 Å². The molecule has 0 aliphatic heterocycles. The first kappa shape index (κ1) is 15.0. The highest BCUT2D eigenvalue weighted by Gasteiger charge is 2.13. The molecule has 0 bridgehead atoms. The van der Waals surface area contributed by atoms with Gasteiger partial charge in [-0.25, -0.2) is 0 Å². The monoisotopic (exact) mass is 361 g/mol. The van der Waals surface area contributed by atoms with Crippen LogP contribution in [0, 0.1) is 0 Å². The Kier molecular flexibility index (Phi) is 5.45. The number of hydrogen-bond acceptors (Lipinski definition) is 3. The predicted octanol–water partition coefficient (Wildman–Crippen LogP) is 4.23. The fourth-order valence-electron chi connectivity index (χ4n) is 1.93. The van der Waals surface area contributed by atoms with Crippen LogP contribution in [0.3, 0.4) is 0 Å². The SMILES string of the molecule is CCc1nn(CC)c(CNCc2sccc2Br)c1Cl. The molecule has 19 heavy (non-hydrogen) atoms.